The van der Waals surface area contributed by atoms with Crippen molar-refractivity contribution in [1.82, 2.24) is 14.7 Å². The van der Waals surface area contributed by atoms with Gasteiger partial charge in [-0.25, -0.2) is 0 Å². The molecule has 1 fully saturated rings. The van der Waals surface area contributed by atoms with E-state index in [0.29, 0.717) is 10.8 Å². The van der Waals surface area contributed by atoms with Gasteiger partial charge in [-0.05, 0) is 41.8 Å². The van der Waals surface area contributed by atoms with Gasteiger partial charge in [0, 0.05) is 19.3 Å². The predicted octanol–water partition coefficient (Wildman–Crippen LogP) is 3.88. The van der Waals surface area contributed by atoms with Crippen molar-refractivity contribution in [2.45, 2.75) is 32.5 Å². The molecule has 130 valence electrons. The number of nitrogens with zero attached hydrogens (tertiary/aromatic N) is 3. The normalized spacial score (nSPS) is 16.6. The van der Waals surface area contributed by atoms with E-state index in [1.807, 2.05) is 4.90 Å². The van der Waals surface area contributed by atoms with Crippen LogP contribution in [0.2, 0.25) is 0 Å². The Labute approximate surface area is 141 Å². The second kappa shape index (κ2) is 6.58. The zero-order chi connectivity index (χ0) is 17.3. The minimum Gasteiger partial charge on any atom is -0.338 e. The molecule has 1 amide bonds. The van der Waals surface area contributed by atoms with Gasteiger partial charge in [-0.1, -0.05) is 6.92 Å². The fourth-order valence-corrected chi connectivity index (χ4v) is 3.60. The number of rotatable bonds is 3. The van der Waals surface area contributed by atoms with E-state index >= 15 is 0 Å². The van der Waals surface area contributed by atoms with Crippen LogP contribution in [0.15, 0.2) is 23.7 Å². The molecule has 0 unspecified atom stereocenters. The number of piperidine rings is 1. The minimum absolute atomic E-state index is 0.00889. The van der Waals surface area contributed by atoms with Gasteiger partial charge >= 0.3 is 6.18 Å². The van der Waals surface area contributed by atoms with Gasteiger partial charge in [-0.2, -0.15) is 18.3 Å². The number of thiophene rings is 1. The van der Waals surface area contributed by atoms with Crippen molar-refractivity contribution >= 4 is 17.2 Å². The number of carbonyl (C=O) groups excluding carboxylic acids is 1. The Kier molecular flexibility index (Phi) is 4.67. The van der Waals surface area contributed by atoms with Crippen LogP contribution in [0.5, 0.6) is 0 Å². The first-order valence-electron chi connectivity index (χ1n) is 7.80. The summed E-state index contributed by atoms with van der Waals surface area (Å²) >= 11 is 1.33. The summed E-state index contributed by atoms with van der Waals surface area (Å²) in [6, 6.07) is 2.70. The molecule has 0 N–H and O–H groups in total. The van der Waals surface area contributed by atoms with Crippen LogP contribution >= 0.6 is 11.3 Å². The van der Waals surface area contributed by atoms with Crippen LogP contribution in [0.25, 0.3) is 0 Å². The molecule has 1 saturated heterocycles. The Morgan fingerprint density at radius 3 is 2.71 bits per heavy atom. The Morgan fingerprint density at radius 1 is 1.38 bits per heavy atom. The number of amides is 1. The van der Waals surface area contributed by atoms with E-state index in [0.717, 1.165) is 37.6 Å². The lowest BCUT2D eigenvalue weighted by atomic mass is 9.99. The van der Waals surface area contributed by atoms with Gasteiger partial charge in [0.25, 0.3) is 5.91 Å². The number of hydrogen-bond donors (Lipinski definition) is 0. The van der Waals surface area contributed by atoms with Gasteiger partial charge < -0.3 is 4.90 Å². The third-order valence-corrected chi connectivity index (χ3v) is 5.18. The van der Waals surface area contributed by atoms with Gasteiger partial charge in [-0.15, -0.1) is 11.3 Å². The summed E-state index contributed by atoms with van der Waals surface area (Å²) in [4.78, 5) is 15.0. The van der Waals surface area contributed by atoms with E-state index in [9.17, 15) is 18.0 Å². The number of likely N-dealkylation sites (tertiary alicyclic amines) is 1. The van der Waals surface area contributed by atoms with Crippen LogP contribution in [0.1, 0.15) is 40.7 Å². The van der Waals surface area contributed by atoms with Gasteiger partial charge in [0.2, 0.25) is 0 Å². The summed E-state index contributed by atoms with van der Waals surface area (Å²) in [5, 5.41) is 5.33. The molecular weight excluding hydrogens is 339 g/mol. The van der Waals surface area contributed by atoms with Crippen LogP contribution < -0.4 is 0 Å². The van der Waals surface area contributed by atoms with Gasteiger partial charge in [0.05, 0.1) is 11.4 Å². The van der Waals surface area contributed by atoms with Gasteiger partial charge in [0.1, 0.15) is 0 Å². The first-order chi connectivity index (χ1) is 11.3. The second-order valence-electron chi connectivity index (χ2n) is 6.19. The molecule has 24 heavy (non-hydrogen) atoms. The monoisotopic (exact) mass is 357 g/mol. The first kappa shape index (κ1) is 17.0. The molecule has 1 aliphatic rings. The highest BCUT2D eigenvalue weighted by Gasteiger charge is 2.33. The van der Waals surface area contributed by atoms with Crippen molar-refractivity contribution in [3.8, 4) is 0 Å². The largest absolute Gasteiger partial charge is 0.435 e. The number of alkyl halides is 3. The van der Waals surface area contributed by atoms with E-state index in [-0.39, 0.29) is 12.5 Å². The van der Waals surface area contributed by atoms with Crippen LogP contribution in [0, 0.1) is 5.92 Å². The third kappa shape index (κ3) is 3.80. The number of aromatic nitrogens is 2. The van der Waals surface area contributed by atoms with Crippen molar-refractivity contribution in [2.24, 2.45) is 5.92 Å². The highest BCUT2D eigenvalue weighted by molar-refractivity contribution is 7.12. The molecule has 0 spiro atoms. The van der Waals surface area contributed by atoms with Crippen molar-refractivity contribution in [3.05, 3.63) is 39.8 Å². The molecular formula is C16H18F3N3OS. The molecule has 2 aromatic heterocycles. The molecule has 0 aromatic carbocycles. The number of halogens is 3. The molecule has 3 rings (SSSR count). The quantitative estimate of drug-likeness (QED) is 0.836. The van der Waals surface area contributed by atoms with E-state index in [4.69, 9.17) is 0 Å². The summed E-state index contributed by atoms with van der Waals surface area (Å²) in [7, 11) is 0. The molecule has 3 heterocycles. The van der Waals surface area contributed by atoms with Crippen molar-refractivity contribution < 1.29 is 18.0 Å². The zero-order valence-electron chi connectivity index (χ0n) is 13.2. The Bertz CT molecular complexity index is 714. The molecule has 0 saturated carbocycles. The molecule has 2 aromatic rings. The van der Waals surface area contributed by atoms with Crippen LogP contribution in [0.3, 0.4) is 0 Å². The first-order valence-corrected chi connectivity index (χ1v) is 8.68. The number of hydrogen-bond acceptors (Lipinski definition) is 3. The topological polar surface area (TPSA) is 38.1 Å². The summed E-state index contributed by atoms with van der Waals surface area (Å²) < 4.78 is 38.9. The van der Waals surface area contributed by atoms with Crippen molar-refractivity contribution in [3.63, 3.8) is 0 Å². The molecule has 0 bridgehead atoms. The fraction of sp³-hybridized carbons (Fsp3) is 0.500. The smallest absolute Gasteiger partial charge is 0.338 e. The lowest BCUT2D eigenvalue weighted by molar-refractivity contribution is -0.141. The minimum atomic E-state index is -4.44. The highest BCUT2D eigenvalue weighted by atomic mass is 32.1. The summed E-state index contributed by atoms with van der Waals surface area (Å²) in [5.41, 5.74) is -0.123. The standard InChI is InChI=1S/C16H18F3N3OS/c1-11-2-5-21(6-3-11)15(23)13-8-12(10-24-13)9-22-7-4-14(20-22)16(17,18)19/h4,7-8,10-11H,2-3,5-6,9H2,1H3. The Hall–Kier alpha value is -1.83. The zero-order valence-corrected chi connectivity index (χ0v) is 14.0. The summed E-state index contributed by atoms with van der Waals surface area (Å²) in [6.45, 7) is 3.93. The molecule has 0 radical (unpaired) electrons. The van der Waals surface area contributed by atoms with E-state index < -0.39 is 11.9 Å². The average Bonchev–Trinajstić information content (AvgIpc) is 3.17. The second-order valence-corrected chi connectivity index (χ2v) is 7.10. The summed E-state index contributed by atoms with van der Waals surface area (Å²) in [5.74, 6) is 0.658. The van der Waals surface area contributed by atoms with Crippen molar-refractivity contribution in [1.29, 1.82) is 0 Å². The maximum atomic E-state index is 12.6. The Balaban J connectivity index is 1.65. The summed E-state index contributed by atoms with van der Waals surface area (Å²) in [6.07, 6.45) is -1.12. The van der Waals surface area contributed by atoms with Crippen molar-refractivity contribution in [2.75, 3.05) is 13.1 Å². The molecule has 1 aliphatic heterocycles. The lowest BCUT2D eigenvalue weighted by Gasteiger charge is -2.29. The van der Waals surface area contributed by atoms with E-state index in [1.165, 1.54) is 22.2 Å². The number of carbonyl (C=O) groups is 1. The predicted molar refractivity (Wildman–Crippen MR) is 85.0 cm³/mol. The fourth-order valence-electron chi connectivity index (χ4n) is 2.73. The van der Waals surface area contributed by atoms with Crippen LogP contribution in [-0.2, 0) is 12.7 Å². The molecule has 4 nitrogen and oxygen atoms in total. The highest BCUT2D eigenvalue weighted by Crippen LogP contribution is 2.27. The van der Waals surface area contributed by atoms with Crippen LogP contribution in [-0.4, -0.2) is 33.7 Å². The van der Waals surface area contributed by atoms with Gasteiger partial charge in [-0.3, -0.25) is 9.48 Å². The average molecular weight is 357 g/mol. The molecule has 8 heteroatoms. The maximum absolute atomic E-state index is 12.6. The maximum Gasteiger partial charge on any atom is 0.435 e. The van der Waals surface area contributed by atoms with E-state index in [1.54, 1.807) is 11.4 Å². The van der Waals surface area contributed by atoms with E-state index in [2.05, 4.69) is 12.0 Å². The Morgan fingerprint density at radius 2 is 2.08 bits per heavy atom. The third-order valence-electron chi connectivity index (χ3n) is 4.21. The lowest BCUT2D eigenvalue weighted by Crippen LogP contribution is -2.37. The van der Waals surface area contributed by atoms with Crippen LogP contribution in [0.4, 0.5) is 13.2 Å². The molecule has 0 aliphatic carbocycles. The SMILES string of the molecule is CC1CCN(C(=O)c2cc(Cn3ccc(C(F)(F)F)n3)cs2)CC1. The van der Waals surface area contributed by atoms with Gasteiger partial charge in [0.15, 0.2) is 5.69 Å². The molecule has 0 atom stereocenters.